The van der Waals surface area contributed by atoms with Crippen molar-refractivity contribution in [2.75, 3.05) is 5.32 Å². The Morgan fingerprint density at radius 3 is 2.38 bits per heavy atom. The normalized spacial score (nSPS) is 14.2. The van der Waals surface area contributed by atoms with Crippen molar-refractivity contribution in [2.24, 2.45) is 0 Å². The average molecular weight is 403 g/mol. The molecule has 4 rings (SSSR count). The first-order valence-electron chi connectivity index (χ1n) is 9.29. The predicted molar refractivity (Wildman–Crippen MR) is 101 cm³/mol. The number of benzene rings is 1. The lowest BCUT2D eigenvalue weighted by Crippen LogP contribution is -2.21. The molecule has 9 heteroatoms. The summed E-state index contributed by atoms with van der Waals surface area (Å²) in [5, 5.41) is 10.7. The number of aryl methyl sites for hydroxylation is 2. The standard InChI is InChI=1S/C20H20F3N5O/c1-12-9-13(2)28(25-12)16-7-5-15(6-8-16)24-19(29)11-27-17(14-3-4-14)10-18(26-27)20(21,22)23/h5-10,14H,3-4,11H2,1-2H3,(H,24,29). The van der Waals surface area contributed by atoms with E-state index in [0.29, 0.717) is 11.4 Å². The summed E-state index contributed by atoms with van der Waals surface area (Å²) in [5.74, 6) is -0.381. The second-order valence-electron chi connectivity index (χ2n) is 7.32. The van der Waals surface area contributed by atoms with E-state index in [-0.39, 0.29) is 12.5 Å². The summed E-state index contributed by atoms with van der Waals surface area (Å²) in [6.07, 6.45) is -2.89. The van der Waals surface area contributed by atoms with E-state index < -0.39 is 17.8 Å². The van der Waals surface area contributed by atoms with Crippen LogP contribution in [-0.4, -0.2) is 25.5 Å². The number of carbonyl (C=O) groups is 1. The number of carbonyl (C=O) groups excluding carboxylic acids is 1. The van der Waals surface area contributed by atoms with Crippen molar-refractivity contribution >= 4 is 11.6 Å². The third-order valence-electron chi connectivity index (χ3n) is 4.80. The summed E-state index contributed by atoms with van der Waals surface area (Å²) in [5.41, 5.74) is 2.81. The minimum Gasteiger partial charge on any atom is -0.324 e. The molecule has 1 aliphatic carbocycles. The highest BCUT2D eigenvalue weighted by molar-refractivity contribution is 5.90. The van der Waals surface area contributed by atoms with Gasteiger partial charge in [-0.2, -0.15) is 23.4 Å². The molecule has 0 atom stereocenters. The Bertz CT molecular complexity index is 1050. The van der Waals surface area contributed by atoms with E-state index in [9.17, 15) is 18.0 Å². The number of halogens is 3. The summed E-state index contributed by atoms with van der Waals surface area (Å²) in [7, 11) is 0. The maximum Gasteiger partial charge on any atom is 0.435 e. The van der Waals surface area contributed by atoms with Gasteiger partial charge in [-0.3, -0.25) is 9.48 Å². The van der Waals surface area contributed by atoms with Crippen LogP contribution in [0, 0.1) is 13.8 Å². The number of anilines is 1. The first-order valence-corrected chi connectivity index (χ1v) is 9.29. The van der Waals surface area contributed by atoms with E-state index in [1.165, 1.54) is 4.68 Å². The third-order valence-corrected chi connectivity index (χ3v) is 4.80. The van der Waals surface area contributed by atoms with Crippen LogP contribution >= 0.6 is 0 Å². The Morgan fingerprint density at radius 1 is 1.14 bits per heavy atom. The number of alkyl halides is 3. The first-order chi connectivity index (χ1) is 13.7. The van der Waals surface area contributed by atoms with Crippen molar-refractivity contribution in [3.63, 3.8) is 0 Å². The summed E-state index contributed by atoms with van der Waals surface area (Å²) < 4.78 is 41.9. The van der Waals surface area contributed by atoms with Crippen molar-refractivity contribution in [2.45, 2.75) is 45.3 Å². The fourth-order valence-corrected chi connectivity index (χ4v) is 3.32. The molecule has 152 valence electrons. The molecule has 1 aromatic carbocycles. The highest BCUT2D eigenvalue weighted by Crippen LogP contribution is 2.42. The van der Waals surface area contributed by atoms with Crippen LogP contribution < -0.4 is 5.32 Å². The lowest BCUT2D eigenvalue weighted by Gasteiger charge is -2.09. The van der Waals surface area contributed by atoms with Gasteiger partial charge in [-0.05, 0) is 63.1 Å². The maximum atomic E-state index is 13.0. The van der Waals surface area contributed by atoms with Gasteiger partial charge in [-0.1, -0.05) is 0 Å². The third kappa shape index (κ3) is 4.18. The zero-order valence-corrected chi connectivity index (χ0v) is 16.0. The number of aromatic nitrogens is 4. The van der Waals surface area contributed by atoms with Crippen molar-refractivity contribution in [1.82, 2.24) is 19.6 Å². The SMILES string of the molecule is Cc1cc(C)n(-c2ccc(NC(=O)Cn3nc(C(F)(F)F)cc3C3CC3)cc2)n1. The monoisotopic (exact) mass is 403 g/mol. The molecule has 1 fully saturated rings. The Morgan fingerprint density at radius 2 is 1.83 bits per heavy atom. The molecular formula is C20H20F3N5O. The van der Waals surface area contributed by atoms with Crippen LogP contribution in [0.5, 0.6) is 0 Å². The lowest BCUT2D eigenvalue weighted by atomic mass is 10.2. The Hall–Kier alpha value is -3.10. The number of hydrogen-bond acceptors (Lipinski definition) is 3. The molecule has 1 N–H and O–H groups in total. The Balaban J connectivity index is 1.46. The van der Waals surface area contributed by atoms with Crippen LogP contribution in [0.4, 0.5) is 18.9 Å². The van der Waals surface area contributed by atoms with Crippen molar-refractivity contribution in [3.8, 4) is 5.69 Å². The molecule has 0 spiro atoms. The second kappa shape index (κ2) is 7.06. The molecule has 0 saturated heterocycles. The smallest absolute Gasteiger partial charge is 0.324 e. The minimum absolute atomic E-state index is 0.0476. The quantitative estimate of drug-likeness (QED) is 0.694. The zero-order chi connectivity index (χ0) is 20.8. The number of hydrogen-bond donors (Lipinski definition) is 1. The molecule has 29 heavy (non-hydrogen) atoms. The van der Waals surface area contributed by atoms with Gasteiger partial charge < -0.3 is 5.32 Å². The number of nitrogens with one attached hydrogen (secondary N) is 1. The molecule has 6 nitrogen and oxygen atoms in total. The van der Waals surface area contributed by atoms with Gasteiger partial charge in [0.25, 0.3) is 0 Å². The van der Waals surface area contributed by atoms with Gasteiger partial charge in [0.05, 0.1) is 11.4 Å². The fourth-order valence-electron chi connectivity index (χ4n) is 3.32. The highest BCUT2D eigenvalue weighted by Gasteiger charge is 2.38. The summed E-state index contributed by atoms with van der Waals surface area (Å²) >= 11 is 0. The molecule has 0 unspecified atom stereocenters. The minimum atomic E-state index is -4.52. The van der Waals surface area contributed by atoms with Gasteiger partial charge in [0.2, 0.25) is 5.91 Å². The van der Waals surface area contributed by atoms with E-state index in [0.717, 1.165) is 36.0 Å². The molecule has 1 aliphatic rings. The van der Waals surface area contributed by atoms with Crippen LogP contribution in [0.3, 0.4) is 0 Å². The molecule has 1 amide bonds. The largest absolute Gasteiger partial charge is 0.435 e. The Labute approximate surface area is 165 Å². The fraction of sp³-hybridized carbons (Fsp3) is 0.350. The van der Waals surface area contributed by atoms with Gasteiger partial charge in [-0.15, -0.1) is 0 Å². The number of nitrogens with zero attached hydrogens (tertiary/aromatic N) is 4. The molecule has 2 aromatic heterocycles. The summed E-state index contributed by atoms with van der Waals surface area (Å²) in [6.45, 7) is 3.60. The molecule has 0 radical (unpaired) electrons. The molecule has 0 bridgehead atoms. The van der Waals surface area contributed by atoms with Crippen molar-refractivity contribution < 1.29 is 18.0 Å². The predicted octanol–water partition coefficient (Wildman–Crippen LogP) is 4.22. The van der Waals surface area contributed by atoms with Gasteiger partial charge in [-0.25, -0.2) is 4.68 Å². The van der Waals surface area contributed by atoms with Crippen LogP contribution in [-0.2, 0) is 17.5 Å². The van der Waals surface area contributed by atoms with E-state index in [1.807, 2.05) is 32.0 Å². The van der Waals surface area contributed by atoms with E-state index in [2.05, 4.69) is 15.5 Å². The number of amides is 1. The highest BCUT2D eigenvalue weighted by atomic mass is 19.4. The zero-order valence-electron chi connectivity index (χ0n) is 16.0. The molecule has 3 aromatic rings. The van der Waals surface area contributed by atoms with Gasteiger partial charge in [0.15, 0.2) is 5.69 Å². The van der Waals surface area contributed by atoms with Crippen molar-refractivity contribution in [1.29, 1.82) is 0 Å². The lowest BCUT2D eigenvalue weighted by molar-refractivity contribution is -0.141. The van der Waals surface area contributed by atoms with Gasteiger partial charge in [0.1, 0.15) is 6.54 Å². The van der Waals surface area contributed by atoms with Gasteiger partial charge >= 0.3 is 6.18 Å². The molecule has 1 saturated carbocycles. The first kappa shape index (κ1) is 19.2. The average Bonchev–Trinajstić information content (AvgIpc) is 3.30. The Kier molecular flexibility index (Phi) is 4.68. The van der Waals surface area contributed by atoms with Crippen LogP contribution in [0.15, 0.2) is 36.4 Å². The van der Waals surface area contributed by atoms with Crippen molar-refractivity contribution in [3.05, 3.63) is 59.2 Å². The second-order valence-corrected chi connectivity index (χ2v) is 7.32. The molecular weight excluding hydrogens is 383 g/mol. The van der Waals surface area contributed by atoms with Crippen LogP contribution in [0.25, 0.3) is 5.69 Å². The van der Waals surface area contributed by atoms with E-state index >= 15 is 0 Å². The van der Waals surface area contributed by atoms with E-state index in [4.69, 9.17) is 0 Å². The summed E-state index contributed by atoms with van der Waals surface area (Å²) in [4.78, 5) is 12.4. The topological polar surface area (TPSA) is 64.7 Å². The summed E-state index contributed by atoms with van der Waals surface area (Å²) in [6, 6.07) is 10.1. The number of rotatable bonds is 5. The molecule has 2 heterocycles. The van der Waals surface area contributed by atoms with E-state index in [1.54, 1.807) is 16.8 Å². The van der Waals surface area contributed by atoms with Crippen LogP contribution in [0.1, 0.15) is 41.5 Å². The molecule has 0 aliphatic heterocycles. The van der Waals surface area contributed by atoms with Crippen LogP contribution in [0.2, 0.25) is 0 Å². The van der Waals surface area contributed by atoms with Gasteiger partial charge in [0, 0.05) is 23.0 Å². The maximum absolute atomic E-state index is 13.0.